The fourth-order valence-electron chi connectivity index (χ4n) is 2.68. The van der Waals surface area contributed by atoms with Gasteiger partial charge in [0, 0.05) is 26.2 Å². The van der Waals surface area contributed by atoms with Gasteiger partial charge in [-0.1, -0.05) is 30.3 Å². The second-order valence-corrected chi connectivity index (χ2v) is 5.80. The maximum atomic E-state index is 12.1. The Morgan fingerprint density at radius 1 is 1.10 bits per heavy atom. The highest BCUT2D eigenvalue weighted by atomic mass is 16.2. The lowest BCUT2D eigenvalue weighted by atomic mass is 10.1. The van der Waals surface area contributed by atoms with E-state index in [2.05, 4.69) is 34.8 Å². The number of carbonyl (C=O) groups is 1. The summed E-state index contributed by atoms with van der Waals surface area (Å²) in [4.78, 5) is 14.4. The molecule has 0 spiro atoms. The summed E-state index contributed by atoms with van der Waals surface area (Å²) in [5.74, 6) is 0. The number of piperazine rings is 1. The van der Waals surface area contributed by atoms with E-state index >= 15 is 0 Å². The molecule has 20 heavy (non-hydrogen) atoms. The van der Waals surface area contributed by atoms with Gasteiger partial charge in [0.2, 0.25) is 0 Å². The third kappa shape index (κ3) is 2.94. The molecule has 1 aromatic carbocycles. The first-order valence-electron chi connectivity index (χ1n) is 7.26. The summed E-state index contributed by atoms with van der Waals surface area (Å²) in [5, 5.41) is 5.13. The molecule has 1 saturated heterocycles. The van der Waals surface area contributed by atoms with Crippen molar-refractivity contribution in [2.45, 2.75) is 18.4 Å². The van der Waals surface area contributed by atoms with E-state index in [1.807, 2.05) is 23.2 Å². The molecule has 1 heterocycles. The normalized spacial score (nSPS) is 22.2. The molecule has 5 nitrogen and oxygen atoms in total. The van der Waals surface area contributed by atoms with Crippen LogP contribution < -0.4 is 10.7 Å². The van der Waals surface area contributed by atoms with Crippen molar-refractivity contribution >= 4 is 6.03 Å². The predicted octanol–water partition coefficient (Wildman–Crippen LogP) is 1.14. The minimum Gasteiger partial charge on any atom is -0.328 e. The molecule has 1 aromatic rings. The van der Waals surface area contributed by atoms with E-state index < -0.39 is 0 Å². The van der Waals surface area contributed by atoms with Gasteiger partial charge in [0.1, 0.15) is 0 Å². The molecule has 5 heteroatoms. The van der Waals surface area contributed by atoms with E-state index in [-0.39, 0.29) is 11.6 Å². The van der Waals surface area contributed by atoms with Gasteiger partial charge in [0.25, 0.3) is 0 Å². The number of nitrogens with zero attached hydrogens (tertiary/aromatic N) is 2. The van der Waals surface area contributed by atoms with Gasteiger partial charge in [0.05, 0.1) is 5.54 Å². The molecule has 2 aliphatic rings. The van der Waals surface area contributed by atoms with Gasteiger partial charge < -0.3 is 10.2 Å². The van der Waals surface area contributed by atoms with Gasteiger partial charge in [-0.25, -0.2) is 9.80 Å². The monoisotopic (exact) mass is 274 g/mol. The second kappa shape index (κ2) is 5.42. The van der Waals surface area contributed by atoms with E-state index in [0.29, 0.717) is 0 Å². The van der Waals surface area contributed by atoms with Crippen LogP contribution in [0.4, 0.5) is 4.79 Å². The smallest absolute Gasteiger partial charge is 0.328 e. The second-order valence-electron chi connectivity index (χ2n) is 5.80. The summed E-state index contributed by atoms with van der Waals surface area (Å²) in [6.07, 6.45) is 2.04. The Morgan fingerprint density at radius 2 is 1.75 bits per heavy atom. The average Bonchev–Trinajstić information content (AvgIpc) is 3.23. The molecule has 2 amide bonds. The van der Waals surface area contributed by atoms with Crippen molar-refractivity contribution in [2.75, 3.05) is 33.2 Å². The zero-order valence-corrected chi connectivity index (χ0v) is 11.9. The van der Waals surface area contributed by atoms with Crippen LogP contribution in [0.15, 0.2) is 30.3 Å². The van der Waals surface area contributed by atoms with Crippen molar-refractivity contribution in [3.05, 3.63) is 35.9 Å². The number of hydrogen-bond acceptors (Lipinski definition) is 3. The molecule has 0 atom stereocenters. The number of urea groups is 1. The molecule has 0 aromatic heterocycles. The number of hydrazine groups is 1. The first-order valence-corrected chi connectivity index (χ1v) is 7.26. The number of carbonyl (C=O) groups excluding carboxylic acids is 1. The quantitative estimate of drug-likeness (QED) is 0.869. The van der Waals surface area contributed by atoms with E-state index in [1.54, 1.807) is 0 Å². The lowest BCUT2D eigenvalue weighted by Crippen LogP contribution is -2.56. The number of likely N-dealkylation sites (N-methyl/N-ethyl adjacent to an activating group) is 1. The maximum absolute atomic E-state index is 12.1. The van der Waals surface area contributed by atoms with Crippen molar-refractivity contribution in [1.29, 1.82) is 0 Å². The summed E-state index contributed by atoms with van der Waals surface area (Å²) >= 11 is 0. The highest BCUT2D eigenvalue weighted by molar-refractivity contribution is 5.75. The summed E-state index contributed by atoms with van der Waals surface area (Å²) in [7, 11) is 2.10. The summed E-state index contributed by atoms with van der Waals surface area (Å²) in [6.45, 7) is 3.73. The lowest BCUT2D eigenvalue weighted by Gasteiger charge is -2.32. The average molecular weight is 274 g/mol. The fourth-order valence-corrected chi connectivity index (χ4v) is 2.68. The Labute approximate surface area is 119 Å². The van der Waals surface area contributed by atoms with Gasteiger partial charge in [-0.2, -0.15) is 0 Å². The first-order chi connectivity index (χ1) is 9.68. The Balaban J connectivity index is 1.54. The molecule has 3 rings (SSSR count). The molecule has 0 bridgehead atoms. The molecule has 2 N–H and O–H groups in total. The SMILES string of the molecule is CN1CCN(NC(=O)NC2(c3ccccc3)CC2)CC1. The molecule has 108 valence electrons. The highest BCUT2D eigenvalue weighted by Gasteiger charge is 2.45. The molecule has 0 radical (unpaired) electrons. The van der Waals surface area contributed by atoms with Crippen LogP contribution in [0.5, 0.6) is 0 Å². The first kappa shape index (κ1) is 13.4. The van der Waals surface area contributed by atoms with Gasteiger partial charge >= 0.3 is 6.03 Å². The zero-order valence-electron chi connectivity index (χ0n) is 11.9. The topological polar surface area (TPSA) is 47.6 Å². The van der Waals surface area contributed by atoms with Crippen molar-refractivity contribution in [3.8, 4) is 0 Å². The van der Waals surface area contributed by atoms with Gasteiger partial charge in [-0.3, -0.25) is 5.43 Å². The zero-order chi connectivity index (χ0) is 14.0. The Morgan fingerprint density at radius 3 is 2.35 bits per heavy atom. The number of amides is 2. The third-order valence-corrected chi connectivity index (χ3v) is 4.19. The Hall–Kier alpha value is -1.59. The van der Waals surface area contributed by atoms with Crippen molar-refractivity contribution in [1.82, 2.24) is 20.7 Å². The van der Waals surface area contributed by atoms with Crippen LogP contribution in [0.25, 0.3) is 0 Å². The molecule has 1 aliphatic carbocycles. The van der Waals surface area contributed by atoms with Gasteiger partial charge in [-0.05, 0) is 25.5 Å². The Kier molecular flexibility index (Phi) is 3.63. The van der Waals surface area contributed by atoms with E-state index in [9.17, 15) is 4.79 Å². The molecule has 1 aliphatic heterocycles. The summed E-state index contributed by atoms with van der Waals surface area (Å²) in [5.41, 5.74) is 4.02. The predicted molar refractivity (Wildman–Crippen MR) is 78.1 cm³/mol. The molecular formula is C15H22N4O. The van der Waals surface area contributed by atoms with Gasteiger partial charge in [-0.15, -0.1) is 0 Å². The highest BCUT2D eigenvalue weighted by Crippen LogP contribution is 2.45. The van der Waals surface area contributed by atoms with Crippen LogP contribution in [0.1, 0.15) is 18.4 Å². The van der Waals surface area contributed by atoms with Crippen molar-refractivity contribution in [3.63, 3.8) is 0 Å². The van der Waals surface area contributed by atoms with Crippen LogP contribution in [0.3, 0.4) is 0 Å². The summed E-state index contributed by atoms with van der Waals surface area (Å²) < 4.78 is 0. The molecule has 1 saturated carbocycles. The third-order valence-electron chi connectivity index (χ3n) is 4.19. The molecule has 0 unspecified atom stereocenters. The molecular weight excluding hydrogens is 252 g/mol. The van der Waals surface area contributed by atoms with E-state index in [1.165, 1.54) is 5.56 Å². The van der Waals surface area contributed by atoms with Crippen molar-refractivity contribution in [2.24, 2.45) is 0 Å². The Bertz CT molecular complexity index is 464. The molecule has 2 fully saturated rings. The summed E-state index contributed by atoms with van der Waals surface area (Å²) in [6, 6.07) is 10.1. The fraction of sp³-hybridized carbons (Fsp3) is 0.533. The van der Waals surface area contributed by atoms with Crippen molar-refractivity contribution < 1.29 is 4.79 Å². The number of nitrogens with one attached hydrogen (secondary N) is 2. The van der Waals surface area contributed by atoms with Gasteiger partial charge in [0.15, 0.2) is 0 Å². The minimum absolute atomic E-state index is 0.0871. The number of benzene rings is 1. The van der Waals surface area contributed by atoms with Crippen LogP contribution >= 0.6 is 0 Å². The van der Waals surface area contributed by atoms with Crippen LogP contribution in [0, 0.1) is 0 Å². The standard InChI is InChI=1S/C15H22N4O/c1-18-9-11-19(12-10-18)17-14(20)16-15(7-8-15)13-5-3-2-4-6-13/h2-6H,7-12H2,1H3,(H2,16,17,20). The van der Waals surface area contributed by atoms with E-state index in [4.69, 9.17) is 0 Å². The number of rotatable bonds is 3. The van der Waals surface area contributed by atoms with Crippen LogP contribution in [-0.4, -0.2) is 49.2 Å². The largest absolute Gasteiger partial charge is 0.330 e. The minimum atomic E-state index is -0.141. The van der Waals surface area contributed by atoms with E-state index in [0.717, 1.165) is 39.0 Å². The maximum Gasteiger partial charge on any atom is 0.330 e. The van der Waals surface area contributed by atoms with Crippen LogP contribution in [-0.2, 0) is 5.54 Å². The number of hydrogen-bond donors (Lipinski definition) is 2. The van der Waals surface area contributed by atoms with Crippen LogP contribution in [0.2, 0.25) is 0 Å². The lowest BCUT2D eigenvalue weighted by molar-refractivity contribution is 0.111.